The van der Waals surface area contributed by atoms with Crippen molar-refractivity contribution in [2.75, 3.05) is 11.9 Å². The lowest BCUT2D eigenvalue weighted by Gasteiger charge is -2.18. The number of nitrogens with one attached hydrogen (secondary N) is 1. The fourth-order valence-electron chi connectivity index (χ4n) is 2.49. The zero-order chi connectivity index (χ0) is 14.5. The Kier molecular flexibility index (Phi) is 4.57. The van der Waals surface area contributed by atoms with E-state index in [0.29, 0.717) is 17.9 Å². The highest BCUT2D eigenvalue weighted by Gasteiger charge is 2.16. The Bertz CT molecular complexity index is 549. The molecule has 0 saturated carbocycles. The molecule has 0 spiro atoms. The summed E-state index contributed by atoms with van der Waals surface area (Å²) >= 11 is 0. The van der Waals surface area contributed by atoms with Gasteiger partial charge in [-0.25, -0.2) is 4.98 Å². The summed E-state index contributed by atoms with van der Waals surface area (Å²) in [6.07, 6.45) is 4.36. The van der Waals surface area contributed by atoms with Gasteiger partial charge < -0.3 is 10.4 Å². The largest absolute Gasteiger partial charge is 0.481 e. The zero-order valence-electron chi connectivity index (χ0n) is 11.6. The first-order valence-corrected chi connectivity index (χ1v) is 6.98. The van der Waals surface area contributed by atoms with E-state index >= 15 is 0 Å². The predicted octanol–water partition coefficient (Wildman–Crippen LogP) is 2.35. The van der Waals surface area contributed by atoms with Crippen molar-refractivity contribution in [2.45, 2.75) is 39.0 Å². The summed E-state index contributed by atoms with van der Waals surface area (Å²) < 4.78 is 0. The highest BCUT2D eigenvalue weighted by Crippen LogP contribution is 2.24. The number of anilines is 1. The fourth-order valence-corrected chi connectivity index (χ4v) is 2.49. The van der Waals surface area contributed by atoms with Crippen LogP contribution >= 0.6 is 0 Å². The van der Waals surface area contributed by atoms with Gasteiger partial charge in [-0.1, -0.05) is 6.92 Å². The van der Waals surface area contributed by atoms with E-state index in [-0.39, 0.29) is 12.3 Å². The average Bonchev–Trinajstić information content (AvgIpc) is 2.43. The van der Waals surface area contributed by atoms with Crippen molar-refractivity contribution in [3.63, 3.8) is 0 Å². The fraction of sp³-hybridized carbons (Fsp3) is 0.533. The van der Waals surface area contributed by atoms with Gasteiger partial charge in [-0.3, -0.25) is 4.79 Å². The van der Waals surface area contributed by atoms with Crippen LogP contribution in [0.3, 0.4) is 0 Å². The topological polar surface area (TPSA) is 86.0 Å². The molecular formula is C15H19N3O2. The lowest BCUT2D eigenvalue weighted by Crippen LogP contribution is -2.17. The van der Waals surface area contributed by atoms with Gasteiger partial charge in [-0.2, -0.15) is 5.26 Å². The van der Waals surface area contributed by atoms with Crippen molar-refractivity contribution in [2.24, 2.45) is 5.92 Å². The van der Waals surface area contributed by atoms with Crippen molar-refractivity contribution in [3.8, 4) is 6.07 Å². The van der Waals surface area contributed by atoms with Crippen LogP contribution in [0.4, 0.5) is 5.82 Å². The number of aliphatic carboxylic acids is 1. The monoisotopic (exact) mass is 273 g/mol. The van der Waals surface area contributed by atoms with Crippen LogP contribution in [0.1, 0.15) is 43.0 Å². The van der Waals surface area contributed by atoms with E-state index in [2.05, 4.69) is 16.4 Å². The number of fused-ring (bicyclic) bond motifs is 1. The minimum absolute atomic E-state index is 0.00289. The highest BCUT2D eigenvalue weighted by molar-refractivity contribution is 5.67. The van der Waals surface area contributed by atoms with Crippen molar-refractivity contribution in [3.05, 3.63) is 22.9 Å². The summed E-state index contributed by atoms with van der Waals surface area (Å²) in [5, 5.41) is 21.1. The molecule has 0 radical (unpaired) electrons. The quantitative estimate of drug-likeness (QED) is 0.860. The third kappa shape index (κ3) is 3.47. The van der Waals surface area contributed by atoms with Crippen LogP contribution in [0, 0.1) is 17.2 Å². The summed E-state index contributed by atoms with van der Waals surface area (Å²) in [4.78, 5) is 15.2. The number of pyridine rings is 1. The van der Waals surface area contributed by atoms with Gasteiger partial charge >= 0.3 is 5.97 Å². The standard InChI is InChI=1S/C15H19N3O2/c1-10(6-14(19)20)9-17-15-12(8-16)7-11-4-2-3-5-13(11)18-15/h7,10H,2-6,9H2,1H3,(H,17,18)(H,19,20). The molecule has 1 unspecified atom stereocenters. The Morgan fingerprint density at radius 3 is 3.00 bits per heavy atom. The van der Waals surface area contributed by atoms with E-state index in [0.717, 1.165) is 31.4 Å². The van der Waals surface area contributed by atoms with Crippen LogP contribution in [-0.4, -0.2) is 22.6 Å². The van der Waals surface area contributed by atoms with E-state index in [9.17, 15) is 10.1 Å². The first-order chi connectivity index (χ1) is 9.60. The molecule has 1 heterocycles. The van der Waals surface area contributed by atoms with Gasteiger partial charge in [-0.15, -0.1) is 0 Å². The maximum Gasteiger partial charge on any atom is 0.303 e. The van der Waals surface area contributed by atoms with Gasteiger partial charge in [0.2, 0.25) is 0 Å². The Morgan fingerprint density at radius 1 is 1.55 bits per heavy atom. The second-order valence-electron chi connectivity index (χ2n) is 5.39. The predicted molar refractivity (Wildman–Crippen MR) is 75.5 cm³/mol. The molecule has 0 fully saturated rings. The molecule has 1 atom stereocenters. The average molecular weight is 273 g/mol. The molecule has 5 heteroatoms. The second kappa shape index (κ2) is 6.38. The summed E-state index contributed by atoms with van der Waals surface area (Å²) in [5.74, 6) is -0.222. The molecule has 106 valence electrons. The highest BCUT2D eigenvalue weighted by atomic mass is 16.4. The number of nitrogens with zero attached hydrogens (tertiary/aromatic N) is 2. The second-order valence-corrected chi connectivity index (χ2v) is 5.39. The SMILES string of the molecule is CC(CNc1nc2c(cc1C#N)CCCC2)CC(=O)O. The smallest absolute Gasteiger partial charge is 0.303 e. The van der Waals surface area contributed by atoms with Crippen LogP contribution in [0.25, 0.3) is 0 Å². The van der Waals surface area contributed by atoms with Gasteiger partial charge in [0.05, 0.1) is 5.56 Å². The number of rotatable bonds is 5. The van der Waals surface area contributed by atoms with E-state index in [1.807, 2.05) is 13.0 Å². The molecular weight excluding hydrogens is 254 g/mol. The van der Waals surface area contributed by atoms with Crippen LogP contribution in [0.15, 0.2) is 6.07 Å². The van der Waals surface area contributed by atoms with Gasteiger partial charge in [-0.05, 0) is 43.2 Å². The van der Waals surface area contributed by atoms with E-state index < -0.39 is 5.97 Å². The van der Waals surface area contributed by atoms with Crippen molar-refractivity contribution in [1.82, 2.24) is 4.98 Å². The van der Waals surface area contributed by atoms with Gasteiger partial charge in [0.15, 0.2) is 0 Å². The normalized spacial score (nSPS) is 15.0. The Balaban J connectivity index is 2.11. The van der Waals surface area contributed by atoms with Crippen LogP contribution in [0.5, 0.6) is 0 Å². The van der Waals surface area contributed by atoms with Gasteiger partial charge in [0, 0.05) is 18.7 Å². The summed E-state index contributed by atoms with van der Waals surface area (Å²) in [6.45, 7) is 2.37. The van der Waals surface area contributed by atoms with Gasteiger partial charge in [0.1, 0.15) is 11.9 Å². The number of aromatic nitrogens is 1. The summed E-state index contributed by atoms with van der Waals surface area (Å²) in [6, 6.07) is 4.09. The van der Waals surface area contributed by atoms with E-state index in [1.54, 1.807) is 0 Å². The molecule has 1 aromatic rings. The molecule has 1 aliphatic carbocycles. The molecule has 0 bridgehead atoms. The first kappa shape index (κ1) is 14.3. The third-order valence-electron chi connectivity index (χ3n) is 3.56. The summed E-state index contributed by atoms with van der Waals surface area (Å²) in [5.41, 5.74) is 2.80. The number of aryl methyl sites for hydroxylation is 2. The van der Waals surface area contributed by atoms with Gasteiger partial charge in [0.25, 0.3) is 0 Å². The van der Waals surface area contributed by atoms with Crippen LogP contribution < -0.4 is 5.32 Å². The minimum Gasteiger partial charge on any atom is -0.481 e. The van der Waals surface area contributed by atoms with Crippen molar-refractivity contribution >= 4 is 11.8 Å². The molecule has 5 nitrogen and oxygen atoms in total. The maximum atomic E-state index is 10.6. The molecule has 0 saturated heterocycles. The van der Waals surface area contributed by atoms with Crippen LogP contribution in [0.2, 0.25) is 0 Å². The van der Waals surface area contributed by atoms with Crippen LogP contribution in [-0.2, 0) is 17.6 Å². The molecule has 0 aromatic carbocycles. The lowest BCUT2D eigenvalue weighted by molar-refractivity contribution is -0.137. The molecule has 2 N–H and O–H groups in total. The Labute approximate surface area is 118 Å². The first-order valence-electron chi connectivity index (χ1n) is 6.98. The minimum atomic E-state index is -0.807. The number of carboxylic acids is 1. The Hall–Kier alpha value is -2.09. The van der Waals surface area contributed by atoms with Crippen molar-refractivity contribution < 1.29 is 9.90 Å². The Morgan fingerprint density at radius 2 is 2.30 bits per heavy atom. The summed E-state index contributed by atoms with van der Waals surface area (Å²) in [7, 11) is 0. The molecule has 1 aliphatic rings. The number of hydrogen-bond acceptors (Lipinski definition) is 4. The molecule has 20 heavy (non-hydrogen) atoms. The number of carbonyl (C=O) groups is 1. The molecule has 0 amide bonds. The number of carboxylic acid groups (broad SMARTS) is 1. The van der Waals surface area contributed by atoms with Crippen molar-refractivity contribution in [1.29, 1.82) is 5.26 Å². The molecule has 1 aromatic heterocycles. The number of nitriles is 1. The molecule has 2 rings (SSSR count). The maximum absolute atomic E-state index is 10.6. The van der Waals surface area contributed by atoms with E-state index in [1.165, 1.54) is 5.56 Å². The number of hydrogen-bond donors (Lipinski definition) is 2. The third-order valence-corrected chi connectivity index (χ3v) is 3.56. The lowest BCUT2D eigenvalue weighted by atomic mass is 9.95. The zero-order valence-corrected chi connectivity index (χ0v) is 11.6. The van der Waals surface area contributed by atoms with E-state index in [4.69, 9.17) is 5.11 Å². The molecule has 0 aliphatic heterocycles.